The minimum absolute atomic E-state index is 0.243. The van der Waals surface area contributed by atoms with Gasteiger partial charge in [0.15, 0.2) is 0 Å². The van der Waals surface area contributed by atoms with Crippen LogP contribution in [0.2, 0.25) is 0 Å². The Labute approximate surface area is 102 Å². The topological polar surface area (TPSA) is 41.1 Å². The van der Waals surface area contributed by atoms with Gasteiger partial charge in [0.1, 0.15) is 0 Å². The fourth-order valence-corrected chi connectivity index (χ4v) is 2.96. The Bertz CT molecular complexity index is 247. The first-order chi connectivity index (χ1) is 7.74. The monoisotopic (exact) mass is 242 g/mol. The lowest BCUT2D eigenvalue weighted by atomic mass is 10.0. The Balaban J connectivity index is 1.57. The van der Waals surface area contributed by atoms with E-state index in [1.54, 1.807) is 0 Å². The van der Waals surface area contributed by atoms with E-state index in [1.165, 1.54) is 19.3 Å². The van der Waals surface area contributed by atoms with Crippen LogP contribution in [0.5, 0.6) is 0 Å². The van der Waals surface area contributed by atoms with Crippen molar-refractivity contribution >= 4 is 17.7 Å². The molecular formula is C12H22N2OS. The van der Waals surface area contributed by atoms with Crippen molar-refractivity contribution < 1.29 is 4.79 Å². The summed E-state index contributed by atoms with van der Waals surface area (Å²) in [6.45, 7) is 3.10. The average Bonchev–Trinajstić information content (AvgIpc) is 2.90. The smallest absolute Gasteiger partial charge is 0.220 e. The number of carbonyl (C=O) groups is 1. The molecule has 1 aliphatic heterocycles. The van der Waals surface area contributed by atoms with E-state index in [1.807, 2.05) is 11.8 Å². The van der Waals surface area contributed by atoms with Gasteiger partial charge in [-0.2, -0.15) is 11.8 Å². The zero-order valence-corrected chi connectivity index (χ0v) is 10.9. The van der Waals surface area contributed by atoms with Crippen molar-refractivity contribution in [2.24, 2.45) is 5.92 Å². The van der Waals surface area contributed by atoms with E-state index in [4.69, 9.17) is 0 Å². The van der Waals surface area contributed by atoms with E-state index >= 15 is 0 Å². The Morgan fingerprint density at radius 2 is 2.38 bits per heavy atom. The molecule has 2 fully saturated rings. The lowest BCUT2D eigenvalue weighted by Crippen LogP contribution is -2.31. The van der Waals surface area contributed by atoms with Crippen LogP contribution in [0.15, 0.2) is 0 Å². The molecule has 0 spiro atoms. The summed E-state index contributed by atoms with van der Waals surface area (Å²) in [6, 6.07) is 0. The van der Waals surface area contributed by atoms with Gasteiger partial charge >= 0.3 is 0 Å². The predicted octanol–water partition coefficient (Wildman–Crippen LogP) is 1.39. The molecule has 0 radical (unpaired) electrons. The first-order valence-corrected chi connectivity index (χ1v) is 7.49. The van der Waals surface area contributed by atoms with Crippen molar-refractivity contribution in [2.75, 3.05) is 25.9 Å². The van der Waals surface area contributed by atoms with E-state index < -0.39 is 0 Å². The highest BCUT2D eigenvalue weighted by atomic mass is 32.2. The average molecular weight is 242 g/mol. The molecule has 1 saturated carbocycles. The summed E-state index contributed by atoms with van der Waals surface area (Å²) in [5, 5.41) is 6.42. The molecule has 1 amide bonds. The molecule has 1 unspecified atom stereocenters. The lowest BCUT2D eigenvalue weighted by molar-refractivity contribution is -0.121. The SMILES string of the molecule is CSC1(CNC(=O)CCC2CCNC2)CC1. The van der Waals surface area contributed by atoms with E-state index in [2.05, 4.69) is 16.9 Å². The fourth-order valence-electron chi connectivity index (χ4n) is 2.24. The number of rotatable bonds is 6. The summed E-state index contributed by atoms with van der Waals surface area (Å²) in [4.78, 5) is 11.6. The molecule has 4 heteroatoms. The minimum atomic E-state index is 0.243. The van der Waals surface area contributed by atoms with Crippen LogP contribution in [-0.4, -0.2) is 36.5 Å². The van der Waals surface area contributed by atoms with Crippen molar-refractivity contribution in [3.63, 3.8) is 0 Å². The van der Waals surface area contributed by atoms with Crippen LogP contribution < -0.4 is 10.6 Å². The quantitative estimate of drug-likeness (QED) is 0.739. The van der Waals surface area contributed by atoms with Gasteiger partial charge < -0.3 is 10.6 Å². The van der Waals surface area contributed by atoms with Crippen molar-refractivity contribution in [1.82, 2.24) is 10.6 Å². The summed E-state index contributed by atoms with van der Waals surface area (Å²) < 4.78 is 0.393. The molecule has 1 atom stereocenters. The van der Waals surface area contributed by atoms with Crippen molar-refractivity contribution in [1.29, 1.82) is 0 Å². The van der Waals surface area contributed by atoms with Crippen LogP contribution in [0.1, 0.15) is 32.1 Å². The summed E-state index contributed by atoms with van der Waals surface area (Å²) in [7, 11) is 0. The number of amides is 1. The lowest BCUT2D eigenvalue weighted by Gasteiger charge is -2.13. The number of hydrogen-bond donors (Lipinski definition) is 2. The number of nitrogens with one attached hydrogen (secondary N) is 2. The molecule has 0 bridgehead atoms. The molecule has 1 saturated heterocycles. The van der Waals surface area contributed by atoms with Crippen LogP contribution in [0.3, 0.4) is 0 Å². The third-order valence-corrected chi connectivity index (χ3v) is 5.21. The zero-order valence-electron chi connectivity index (χ0n) is 10.1. The van der Waals surface area contributed by atoms with E-state index in [-0.39, 0.29) is 5.91 Å². The maximum Gasteiger partial charge on any atom is 0.220 e. The molecule has 0 aromatic carbocycles. The van der Waals surface area contributed by atoms with E-state index in [0.717, 1.165) is 32.0 Å². The molecule has 16 heavy (non-hydrogen) atoms. The van der Waals surface area contributed by atoms with Gasteiger partial charge in [-0.1, -0.05) is 0 Å². The fraction of sp³-hybridized carbons (Fsp3) is 0.917. The van der Waals surface area contributed by atoms with Gasteiger partial charge in [-0.25, -0.2) is 0 Å². The third kappa shape index (κ3) is 3.39. The van der Waals surface area contributed by atoms with Crippen molar-refractivity contribution in [2.45, 2.75) is 36.9 Å². The summed E-state index contributed by atoms with van der Waals surface area (Å²) in [5.74, 6) is 0.966. The number of hydrogen-bond acceptors (Lipinski definition) is 3. The van der Waals surface area contributed by atoms with Gasteiger partial charge in [0.2, 0.25) is 5.91 Å². The van der Waals surface area contributed by atoms with E-state index in [0.29, 0.717) is 11.2 Å². The molecule has 3 nitrogen and oxygen atoms in total. The van der Waals surface area contributed by atoms with Crippen LogP contribution in [-0.2, 0) is 4.79 Å². The van der Waals surface area contributed by atoms with Crippen molar-refractivity contribution in [3.05, 3.63) is 0 Å². The first kappa shape index (κ1) is 12.2. The van der Waals surface area contributed by atoms with Crippen LogP contribution in [0.25, 0.3) is 0 Å². The Kier molecular flexibility index (Phi) is 4.14. The largest absolute Gasteiger partial charge is 0.355 e. The van der Waals surface area contributed by atoms with Gasteiger partial charge in [0, 0.05) is 17.7 Å². The minimum Gasteiger partial charge on any atom is -0.355 e. The predicted molar refractivity (Wildman–Crippen MR) is 68.7 cm³/mol. The second-order valence-corrected chi connectivity index (χ2v) is 6.34. The molecule has 1 aliphatic carbocycles. The maximum atomic E-state index is 11.6. The standard InChI is InChI=1S/C12H22N2OS/c1-16-12(5-6-12)9-14-11(15)3-2-10-4-7-13-8-10/h10,13H,2-9H2,1H3,(H,14,15). The molecule has 2 N–H and O–H groups in total. The second-order valence-electron chi connectivity index (χ2n) is 5.06. The van der Waals surface area contributed by atoms with Crippen LogP contribution >= 0.6 is 11.8 Å². The zero-order chi connectivity index (χ0) is 11.4. The highest BCUT2D eigenvalue weighted by Crippen LogP contribution is 2.46. The first-order valence-electron chi connectivity index (χ1n) is 6.27. The van der Waals surface area contributed by atoms with Gasteiger partial charge in [-0.15, -0.1) is 0 Å². The third-order valence-electron chi connectivity index (χ3n) is 3.79. The molecule has 1 heterocycles. The van der Waals surface area contributed by atoms with Gasteiger partial charge in [-0.3, -0.25) is 4.79 Å². The number of thioether (sulfide) groups is 1. The highest BCUT2D eigenvalue weighted by molar-refractivity contribution is 8.00. The molecule has 2 aliphatic rings. The molecule has 0 aromatic rings. The van der Waals surface area contributed by atoms with Crippen LogP contribution in [0.4, 0.5) is 0 Å². The maximum absolute atomic E-state index is 11.6. The Morgan fingerprint density at radius 3 is 2.94 bits per heavy atom. The normalized spacial score (nSPS) is 26.7. The summed E-state index contributed by atoms with van der Waals surface area (Å²) in [6.07, 6.45) is 7.66. The molecule has 2 rings (SSSR count). The van der Waals surface area contributed by atoms with Gasteiger partial charge in [0.25, 0.3) is 0 Å². The Morgan fingerprint density at radius 1 is 1.56 bits per heavy atom. The summed E-state index contributed by atoms with van der Waals surface area (Å²) in [5.41, 5.74) is 0. The van der Waals surface area contributed by atoms with E-state index in [9.17, 15) is 4.79 Å². The second kappa shape index (κ2) is 5.41. The highest BCUT2D eigenvalue weighted by Gasteiger charge is 2.41. The van der Waals surface area contributed by atoms with Gasteiger partial charge in [-0.05, 0) is 50.9 Å². The molecule has 92 valence electrons. The number of carbonyl (C=O) groups excluding carboxylic acids is 1. The Hall–Kier alpha value is -0.220. The molecular weight excluding hydrogens is 220 g/mol. The van der Waals surface area contributed by atoms with Crippen LogP contribution in [0, 0.1) is 5.92 Å². The van der Waals surface area contributed by atoms with Crippen molar-refractivity contribution in [3.8, 4) is 0 Å². The summed E-state index contributed by atoms with van der Waals surface area (Å²) >= 11 is 1.90. The molecule has 0 aromatic heterocycles. The van der Waals surface area contributed by atoms with Gasteiger partial charge in [0.05, 0.1) is 0 Å².